The Hall–Kier alpha value is -2.33. The highest BCUT2D eigenvalue weighted by Gasteiger charge is 2.22. The molecule has 122 valence electrons. The zero-order chi connectivity index (χ0) is 16.7. The molecule has 1 unspecified atom stereocenters. The van der Waals surface area contributed by atoms with Gasteiger partial charge in [-0.2, -0.15) is 0 Å². The molecule has 0 aliphatic heterocycles. The van der Waals surface area contributed by atoms with E-state index in [0.29, 0.717) is 12.2 Å². The van der Waals surface area contributed by atoms with Gasteiger partial charge in [0, 0.05) is 0 Å². The Kier molecular flexibility index (Phi) is 6.18. The van der Waals surface area contributed by atoms with Crippen LogP contribution < -0.4 is 10.1 Å². The number of para-hydroxylation sites is 1. The lowest BCUT2D eigenvalue weighted by molar-refractivity contribution is -0.129. The van der Waals surface area contributed by atoms with Gasteiger partial charge in [-0.15, -0.1) is 0 Å². The largest absolute Gasteiger partial charge is 0.480 e. The van der Waals surface area contributed by atoms with Gasteiger partial charge in [0.15, 0.2) is 6.10 Å². The molecular weight excluding hydrogens is 290 g/mol. The maximum absolute atomic E-state index is 12.5. The Morgan fingerprint density at radius 2 is 1.78 bits per heavy atom. The first-order chi connectivity index (χ1) is 11.2. The number of ether oxygens (including phenoxy) is 1. The van der Waals surface area contributed by atoms with E-state index in [1.807, 2.05) is 68.4 Å². The fraction of sp³-hybridized carbons (Fsp3) is 0.316. The SMILES string of the molecule is CCC(Oc1ccccc1C)C(=O)N[C@H](CO)c1ccccc1. The molecule has 0 heterocycles. The van der Waals surface area contributed by atoms with Crippen molar-refractivity contribution in [2.75, 3.05) is 6.61 Å². The second kappa shape index (κ2) is 8.34. The summed E-state index contributed by atoms with van der Waals surface area (Å²) in [5, 5.41) is 12.4. The van der Waals surface area contributed by atoms with Gasteiger partial charge in [0.05, 0.1) is 12.6 Å². The van der Waals surface area contributed by atoms with E-state index in [0.717, 1.165) is 11.1 Å². The molecule has 2 aromatic carbocycles. The third-order valence-electron chi connectivity index (χ3n) is 3.73. The van der Waals surface area contributed by atoms with Crippen LogP contribution in [0, 0.1) is 6.92 Å². The van der Waals surface area contributed by atoms with Crippen molar-refractivity contribution in [1.29, 1.82) is 0 Å². The highest BCUT2D eigenvalue weighted by Crippen LogP contribution is 2.19. The molecule has 2 atom stereocenters. The lowest BCUT2D eigenvalue weighted by Gasteiger charge is -2.22. The van der Waals surface area contributed by atoms with Gasteiger partial charge in [-0.05, 0) is 30.5 Å². The molecule has 4 heteroatoms. The van der Waals surface area contributed by atoms with Gasteiger partial charge in [0.25, 0.3) is 5.91 Å². The summed E-state index contributed by atoms with van der Waals surface area (Å²) < 4.78 is 5.84. The highest BCUT2D eigenvalue weighted by atomic mass is 16.5. The third-order valence-corrected chi connectivity index (χ3v) is 3.73. The summed E-state index contributed by atoms with van der Waals surface area (Å²) >= 11 is 0. The molecule has 4 nitrogen and oxygen atoms in total. The monoisotopic (exact) mass is 313 g/mol. The van der Waals surface area contributed by atoms with Crippen molar-refractivity contribution in [3.8, 4) is 5.75 Å². The van der Waals surface area contributed by atoms with E-state index in [1.54, 1.807) is 0 Å². The van der Waals surface area contributed by atoms with Crippen LogP contribution in [-0.2, 0) is 4.79 Å². The molecule has 0 aliphatic carbocycles. The number of aliphatic hydroxyl groups is 1. The van der Waals surface area contributed by atoms with Gasteiger partial charge in [0.2, 0.25) is 0 Å². The fourth-order valence-corrected chi connectivity index (χ4v) is 2.35. The molecule has 2 N–H and O–H groups in total. The van der Waals surface area contributed by atoms with Crippen LogP contribution in [0.3, 0.4) is 0 Å². The zero-order valence-electron chi connectivity index (χ0n) is 13.5. The van der Waals surface area contributed by atoms with Crippen molar-refractivity contribution in [3.05, 3.63) is 65.7 Å². The summed E-state index contributed by atoms with van der Waals surface area (Å²) in [7, 11) is 0. The lowest BCUT2D eigenvalue weighted by Crippen LogP contribution is -2.41. The smallest absolute Gasteiger partial charge is 0.261 e. The number of amides is 1. The number of carbonyl (C=O) groups excluding carboxylic acids is 1. The van der Waals surface area contributed by atoms with Crippen molar-refractivity contribution >= 4 is 5.91 Å². The first-order valence-electron chi connectivity index (χ1n) is 7.84. The number of aryl methyl sites for hydroxylation is 1. The van der Waals surface area contributed by atoms with Gasteiger partial charge in [0.1, 0.15) is 5.75 Å². The number of hydrogen-bond donors (Lipinski definition) is 2. The van der Waals surface area contributed by atoms with E-state index in [-0.39, 0.29) is 12.5 Å². The topological polar surface area (TPSA) is 58.6 Å². The molecule has 0 bridgehead atoms. The van der Waals surface area contributed by atoms with E-state index in [9.17, 15) is 9.90 Å². The van der Waals surface area contributed by atoms with Crippen LogP contribution >= 0.6 is 0 Å². The van der Waals surface area contributed by atoms with Crippen LogP contribution in [0.4, 0.5) is 0 Å². The lowest BCUT2D eigenvalue weighted by atomic mass is 10.1. The van der Waals surface area contributed by atoms with Gasteiger partial charge in [-0.3, -0.25) is 4.79 Å². The van der Waals surface area contributed by atoms with Crippen LogP contribution in [-0.4, -0.2) is 23.7 Å². The van der Waals surface area contributed by atoms with E-state index in [2.05, 4.69) is 5.32 Å². The van der Waals surface area contributed by atoms with Crippen molar-refractivity contribution in [2.24, 2.45) is 0 Å². The van der Waals surface area contributed by atoms with Crippen LogP contribution in [0.1, 0.15) is 30.5 Å². The van der Waals surface area contributed by atoms with Gasteiger partial charge >= 0.3 is 0 Å². The Morgan fingerprint density at radius 1 is 1.13 bits per heavy atom. The minimum absolute atomic E-state index is 0.156. The molecule has 0 saturated heterocycles. The second-order valence-electron chi connectivity index (χ2n) is 5.43. The Labute approximate surface area is 137 Å². The first kappa shape index (κ1) is 17.0. The number of rotatable bonds is 7. The molecule has 0 aromatic heterocycles. The van der Waals surface area contributed by atoms with Gasteiger partial charge in [-0.1, -0.05) is 55.5 Å². The summed E-state index contributed by atoms with van der Waals surface area (Å²) in [5.41, 5.74) is 1.86. The van der Waals surface area contributed by atoms with Crippen LogP contribution in [0.15, 0.2) is 54.6 Å². The standard InChI is InChI=1S/C19H23NO3/c1-3-17(23-18-12-8-7-9-14(18)2)19(22)20-16(13-21)15-10-5-4-6-11-15/h4-12,16-17,21H,3,13H2,1-2H3,(H,20,22)/t16-,17?/m1/s1. The molecule has 2 rings (SSSR count). The molecule has 0 saturated carbocycles. The summed E-state index contributed by atoms with van der Waals surface area (Å²) in [6.07, 6.45) is -0.0403. The van der Waals surface area contributed by atoms with Crippen molar-refractivity contribution in [2.45, 2.75) is 32.4 Å². The molecule has 23 heavy (non-hydrogen) atoms. The zero-order valence-corrected chi connectivity index (χ0v) is 13.5. The highest BCUT2D eigenvalue weighted by molar-refractivity contribution is 5.81. The average molecular weight is 313 g/mol. The minimum atomic E-state index is -0.589. The van der Waals surface area contributed by atoms with Crippen molar-refractivity contribution in [1.82, 2.24) is 5.32 Å². The van der Waals surface area contributed by atoms with Crippen molar-refractivity contribution in [3.63, 3.8) is 0 Å². The van der Waals surface area contributed by atoms with Crippen LogP contribution in [0.5, 0.6) is 5.75 Å². The third kappa shape index (κ3) is 4.57. The summed E-state index contributed by atoms with van der Waals surface area (Å²) in [6.45, 7) is 3.69. The molecule has 2 aromatic rings. The molecule has 0 spiro atoms. The molecule has 0 radical (unpaired) electrons. The number of benzene rings is 2. The number of hydrogen-bond acceptors (Lipinski definition) is 3. The summed E-state index contributed by atoms with van der Waals surface area (Å²) in [6, 6.07) is 16.6. The number of carbonyl (C=O) groups is 1. The number of aliphatic hydroxyl groups excluding tert-OH is 1. The summed E-state index contributed by atoms with van der Waals surface area (Å²) in [4.78, 5) is 12.5. The summed E-state index contributed by atoms with van der Waals surface area (Å²) in [5.74, 6) is 0.480. The van der Waals surface area contributed by atoms with E-state index < -0.39 is 12.1 Å². The maximum Gasteiger partial charge on any atom is 0.261 e. The predicted octanol–water partition coefficient (Wildman–Crippen LogP) is 3.00. The molecular formula is C19H23NO3. The second-order valence-corrected chi connectivity index (χ2v) is 5.43. The normalized spacial score (nSPS) is 13.2. The van der Waals surface area contributed by atoms with Crippen molar-refractivity contribution < 1.29 is 14.6 Å². The first-order valence-corrected chi connectivity index (χ1v) is 7.84. The van der Waals surface area contributed by atoms with Gasteiger partial charge in [-0.25, -0.2) is 0 Å². The number of nitrogens with one attached hydrogen (secondary N) is 1. The Morgan fingerprint density at radius 3 is 2.39 bits per heavy atom. The van der Waals surface area contributed by atoms with E-state index >= 15 is 0 Å². The van der Waals surface area contributed by atoms with E-state index in [1.165, 1.54) is 0 Å². The van der Waals surface area contributed by atoms with Crippen LogP contribution in [0.25, 0.3) is 0 Å². The predicted molar refractivity (Wildman–Crippen MR) is 90.3 cm³/mol. The quantitative estimate of drug-likeness (QED) is 0.826. The van der Waals surface area contributed by atoms with E-state index in [4.69, 9.17) is 4.74 Å². The van der Waals surface area contributed by atoms with Crippen LogP contribution in [0.2, 0.25) is 0 Å². The maximum atomic E-state index is 12.5. The minimum Gasteiger partial charge on any atom is -0.480 e. The molecule has 0 aliphatic rings. The Bertz CT molecular complexity index is 628. The average Bonchev–Trinajstić information content (AvgIpc) is 2.59. The fourth-order valence-electron chi connectivity index (χ4n) is 2.35. The van der Waals surface area contributed by atoms with Gasteiger partial charge < -0.3 is 15.2 Å². The Balaban J connectivity index is 2.06. The molecule has 1 amide bonds. The molecule has 0 fully saturated rings.